The van der Waals surface area contributed by atoms with Crippen molar-refractivity contribution in [1.82, 2.24) is 20.1 Å². The molecule has 39 heavy (non-hydrogen) atoms. The van der Waals surface area contributed by atoms with E-state index < -0.39 is 43.3 Å². The third-order valence-corrected chi connectivity index (χ3v) is 7.43. The molecule has 0 saturated carbocycles. The molecule has 208 valence electrons. The molecule has 1 aromatic carbocycles. The van der Waals surface area contributed by atoms with Gasteiger partial charge in [0.25, 0.3) is 11.8 Å². The van der Waals surface area contributed by atoms with Crippen LogP contribution in [0.1, 0.15) is 55.8 Å². The first kappa shape index (κ1) is 28.2. The van der Waals surface area contributed by atoms with E-state index in [0.29, 0.717) is 29.2 Å². The van der Waals surface area contributed by atoms with Crippen LogP contribution in [0.15, 0.2) is 30.5 Å². The Hall–Kier alpha value is -3.81. The summed E-state index contributed by atoms with van der Waals surface area (Å²) < 4.78 is 33.2. The number of unbranched alkanes of at least 4 members (excludes halogenated alkanes) is 1. The van der Waals surface area contributed by atoms with Crippen LogP contribution in [0.5, 0.6) is 5.75 Å². The van der Waals surface area contributed by atoms with E-state index >= 15 is 0 Å². The van der Waals surface area contributed by atoms with Crippen molar-refractivity contribution in [3.05, 3.63) is 36.0 Å². The molecule has 1 atom stereocenters. The predicted octanol–water partition coefficient (Wildman–Crippen LogP) is 3.53. The van der Waals surface area contributed by atoms with Crippen LogP contribution < -0.4 is 10.1 Å². The molecule has 3 heterocycles. The van der Waals surface area contributed by atoms with Gasteiger partial charge >= 0.3 is 0 Å². The molecule has 0 unspecified atom stereocenters. The molecule has 0 bridgehead atoms. The molecule has 0 radical (unpaired) electrons. The van der Waals surface area contributed by atoms with Crippen molar-refractivity contribution in [3.8, 4) is 11.8 Å². The molecule has 1 N–H and O–H groups in total. The lowest BCUT2D eigenvalue weighted by atomic mass is 9.91. The van der Waals surface area contributed by atoms with E-state index in [-0.39, 0.29) is 11.5 Å². The number of nitrogens with zero attached hydrogens (tertiary/aromatic N) is 4. The van der Waals surface area contributed by atoms with Crippen LogP contribution in [0.2, 0.25) is 0 Å². The van der Waals surface area contributed by atoms with Crippen molar-refractivity contribution < 1.29 is 27.9 Å². The Morgan fingerprint density at radius 3 is 2.69 bits per heavy atom. The Morgan fingerprint density at radius 2 is 1.97 bits per heavy atom. The number of rotatable bonds is 9. The number of halogens is 2. The lowest BCUT2D eigenvalue weighted by Gasteiger charge is -2.31. The molecule has 2 aliphatic heterocycles. The monoisotopic (exact) mass is 541 g/mol. The molecule has 2 aliphatic rings. The minimum Gasteiger partial charge on any atom is -0.494 e. The standard InChI is InChI=1S/C28H33F2N5O4/c1-19(36)34-11-8-20(9-12-34)4-2-3-13-39-22-5-6-25-24(14-22)23(7-10-32-25)27(38)33-17-26(37)35-18-28(29,30)15-21(35)16-31/h5-7,10,14,20-21H,2-4,8-9,11-13,15,17-18H2,1H3,(H,33,38)/t21-/m1/s1. The number of nitrogens with one attached hydrogen (secondary N) is 1. The minimum absolute atomic E-state index is 0.143. The zero-order valence-electron chi connectivity index (χ0n) is 22.0. The highest BCUT2D eigenvalue weighted by molar-refractivity contribution is 6.07. The number of likely N-dealkylation sites (tertiary alicyclic amines) is 2. The first-order valence-electron chi connectivity index (χ1n) is 13.3. The molecule has 1 aromatic heterocycles. The van der Waals surface area contributed by atoms with Crippen molar-refractivity contribution in [1.29, 1.82) is 5.26 Å². The highest BCUT2D eigenvalue weighted by atomic mass is 19.3. The number of carbonyl (C=O) groups excluding carboxylic acids is 3. The molecule has 0 aliphatic carbocycles. The number of hydrogen-bond donors (Lipinski definition) is 1. The smallest absolute Gasteiger partial charge is 0.268 e. The Labute approximate surface area is 226 Å². The molecule has 9 nitrogen and oxygen atoms in total. The Balaban J connectivity index is 1.28. The van der Waals surface area contributed by atoms with E-state index in [1.807, 2.05) is 4.90 Å². The first-order valence-corrected chi connectivity index (χ1v) is 13.3. The minimum atomic E-state index is -3.12. The zero-order valence-corrected chi connectivity index (χ0v) is 22.0. The maximum atomic E-state index is 13.7. The van der Waals surface area contributed by atoms with E-state index in [2.05, 4.69) is 10.3 Å². The van der Waals surface area contributed by atoms with Gasteiger partial charge in [0.05, 0.1) is 36.8 Å². The molecule has 2 aromatic rings. The second-order valence-electron chi connectivity index (χ2n) is 10.2. The Morgan fingerprint density at radius 1 is 1.21 bits per heavy atom. The van der Waals surface area contributed by atoms with Crippen LogP contribution in [0, 0.1) is 17.2 Å². The number of fused-ring (bicyclic) bond motifs is 1. The summed E-state index contributed by atoms with van der Waals surface area (Å²) in [6, 6.07) is 7.29. The molecule has 2 fully saturated rings. The number of hydrogen-bond acceptors (Lipinski definition) is 6. The lowest BCUT2D eigenvalue weighted by molar-refractivity contribution is -0.131. The number of ether oxygens (including phenoxy) is 1. The second kappa shape index (κ2) is 12.4. The van der Waals surface area contributed by atoms with E-state index in [1.54, 1.807) is 31.2 Å². The van der Waals surface area contributed by atoms with Crippen LogP contribution in [0.3, 0.4) is 0 Å². The number of pyridine rings is 1. The fraction of sp³-hybridized carbons (Fsp3) is 0.536. The van der Waals surface area contributed by atoms with Crippen LogP contribution in [-0.2, 0) is 9.59 Å². The van der Waals surface area contributed by atoms with Gasteiger partial charge in [0, 0.05) is 38.0 Å². The fourth-order valence-corrected chi connectivity index (χ4v) is 5.22. The fourth-order valence-electron chi connectivity index (χ4n) is 5.22. The maximum Gasteiger partial charge on any atom is 0.268 e. The van der Waals surface area contributed by atoms with E-state index in [9.17, 15) is 23.2 Å². The summed E-state index contributed by atoms with van der Waals surface area (Å²) >= 11 is 0. The number of amides is 3. The van der Waals surface area contributed by atoms with Crippen molar-refractivity contribution in [2.75, 3.05) is 32.8 Å². The predicted molar refractivity (Wildman–Crippen MR) is 139 cm³/mol. The van der Waals surface area contributed by atoms with Crippen molar-refractivity contribution in [3.63, 3.8) is 0 Å². The zero-order chi connectivity index (χ0) is 28.0. The van der Waals surface area contributed by atoms with Crippen molar-refractivity contribution in [2.24, 2.45) is 5.92 Å². The van der Waals surface area contributed by atoms with Crippen molar-refractivity contribution >= 4 is 28.6 Å². The quantitative estimate of drug-likeness (QED) is 0.486. The summed E-state index contributed by atoms with van der Waals surface area (Å²) in [7, 11) is 0. The summed E-state index contributed by atoms with van der Waals surface area (Å²) in [6.07, 6.45) is 5.86. The van der Waals surface area contributed by atoms with Gasteiger partial charge in [-0.2, -0.15) is 5.26 Å². The SMILES string of the molecule is CC(=O)N1CCC(CCCCOc2ccc3nccc(C(=O)NCC(=O)N4CC(F)(F)C[C@@H]4C#N)c3c2)CC1. The van der Waals surface area contributed by atoms with Gasteiger partial charge in [0.1, 0.15) is 11.8 Å². The van der Waals surface area contributed by atoms with Crippen LogP contribution >= 0.6 is 0 Å². The molecule has 4 rings (SSSR count). The topological polar surface area (TPSA) is 116 Å². The number of nitriles is 1. The molecule has 2 saturated heterocycles. The summed E-state index contributed by atoms with van der Waals surface area (Å²) in [5.74, 6) is -3.04. The first-order chi connectivity index (χ1) is 18.7. The normalized spacial score (nSPS) is 19.1. The average molecular weight is 542 g/mol. The summed E-state index contributed by atoms with van der Waals surface area (Å²) in [4.78, 5) is 43.8. The Kier molecular flexibility index (Phi) is 8.94. The molecular weight excluding hydrogens is 508 g/mol. The van der Waals surface area contributed by atoms with Crippen LogP contribution in [0.25, 0.3) is 10.9 Å². The maximum absolute atomic E-state index is 13.7. The number of carbonyl (C=O) groups is 3. The van der Waals surface area contributed by atoms with Gasteiger partial charge < -0.3 is 19.9 Å². The number of aromatic nitrogens is 1. The van der Waals surface area contributed by atoms with Gasteiger partial charge in [-0.3, -0.25) is 19.4 Å². The van der Waals surface area contributed by atoms with Gasteiger partial charge in [-0.25, -0.2) is 8.78 Å². The van der Waals surface area contributed by atoms with Crippen LogP contribution in [0.4, 0.5) is 8.78 Å². The number of alkyl halides is 2. The molecular formula is C28H33F2N5O4. The van der Waals surface area contributed by atoms with Gasteiger partial charge in [-0.1, -0.05) is 6.42 Å². The Bertz CT molecular complexity index is 1260. The summed E-state index contributed by atoms with van der Waals surface area (Å²) in [5, 5.41) is 12.1. The van der Waals surface area contributed by atoms with E-state index in [4.69, 9.17) is 10.00 Å². The lowest BCUT2D eigenvalue weighted by Crippen LogP contribution is -2.43. The van der Waals surface area contributed by atoms with Gasteiger partial charge in [0.2, 0.25) is 11.8 Å². The highest BCUT2D eigenvalue weighted by Gasteiger charge is 2.47. The van der Waals surface area contributed by atoms with Gasteiger partial charge in [-0.05, 0) is 55.9 Å². The molecule has 3 amide bonds. The number of benzene rings is 1. The second-order valence-corrected chi connectivity index (χ2v) is 10.2. The number of piperidine rings is 1. The van der Waals surface area contributed by atoms with Crippen molar-refractivity contribution in [2.45, 2.75) is 57.4 Å². The highest BCUT2D eigenvalue weighted by Crippen LogP contribution is 2.31. The van der Waals surface area contributed by atoms with Gasteiger partial charge in [0.15, 0.2) is 0 Å². The van der Waals surface area contributed by atoms with Crippen LogP contribution in [-0.4, -0.2) is 77.3 Å². The van der Waals surface area contributed by atoms with E-state index in [1.165, 1.54) is 12.3 Å². The molecule has 0 spiro atoms. The summed E-state index contributed by atoms with van der Waals surface area (Å²) in [6.45, 7) is 2.47. The third-order valence-electron chi connectivity index (χ3n) is 7.43. The summed E-state index contributed by atoms with van der Waals surface area (Å²) in [5.41, 5.74) is 0.848. The largest absolute Gasteiger partial charge is 0.494 e. The van der Waals surface area contributed by atoms with Gasteiger partial charge in [-0.15, -0.1) is 0 Å². The molecule has 11 heteroatoms. The average Bonchev–Trinajstić information content (AvgIpc) is 3.25. The van der Waals surface area contributed by atoms with E-state index in [0.717, 1.165) is 50.1 Å². The third kappa shape index (κ3) is 7.19.